The van der Waals surface area contributed by atoms with Crippen LogP contribution in [0.4, 0.5) is 0 Å². The summed E-state index contributed by atoms with van der Waals surface area (Å²) in [6.07, 6.45) is -7.50. The van der Waals surface area contributed by atoms with Crippen molar-refractivity contribution < 1.29 is 54.2 Å². The lowest BCUT2D eigenvalue weighted by Gasteiger charge is -2.44. The van der Waals surface area contributed by atoms with Gasteiger partial charge >= 0.3 is 11.9 Å². The molecule has 1 unspecified atom stereocenters. The summed E-state index contributed by atoms with van der Waals surface area (Å²) in [5, 5.41) is 51.0. The number of aliphatic hydroxyl groups excluding tert-OH is 3. The molecule has 1 aliphatic heterocycles. The number of rotatable bonds is 12. The topological polar surface area (TPSA) is 229 Å². The highest BCUT2D eigenvalue weighted by Crippen LogP contribution is 2.24. The molecule has 0 aliphatic carbocycles. The fourth-order valence-corrected chi connectivity index (χ4v) is 3.53. The van der Waals surface area contributed by atoms with Crippen LogP contribution in [-0.4, -0.2) is 116 Å². The van der Waals surface area contributed by atoms with Crippen molar-refractivity contribution in [2.45, 2.75) is 82.4 Å². The summed E-state index contributed by atoms with van der Waals surface area (Å²) >= 11 is 0. The number of aliphatic carboxylic acids is 2. The first-order chi connectivity index (χ1) is 15.3. The Morgan fingerprint density at radius 3 is 2.24 bits per heavy atom. The SMILES string of the molecule is CC(=O)N[C@@H]1[C@@H](OC(C)CN(C(=O)[C@H](C)N)[C@H](CCC(=O)O)C(=O)O)[C@H](O)[C@@H](CO)O[C@@H]1O. The number of amides is 2. The first-order valence-corrected chi connectivity index (χ1v) is 10.4. The number of nitrogens with zero attached hydrogens (tertiary/aromatic N) is 1. The number of aliphatic hydroxyl groups is 3. The summed E-state index contributed by atoms with van der Waals surface area (Å²) in [6.45, 7) is 2.94. The highest BCUT2D eigenvalue weighted by molar-refractivity contribution is 5.87. The molecule has 0 aromatic heterocycles. The maximum atomic E-state index is 12.6. The van der Waals surface area contributed by atoms with E-state index in [2.05, 4.69) is 5.32 Å². The lowest BCUT2D eigenvalue weighted by molar-refractivity contribution is -0.268. The molecule has 1 heterocycles. The number of hydrogen-bond donors (Lipinski definition) is 7. The van der Waals surface area contributed by atoms with Crippen molar-refractivity contribution in [3.8, 4) is 0 Å². The Balaban J connectivity index is 3.13. The van der Waals surface area contributed by atoms with Gasteiger partial charge in [-0.05, 0) is 20.3 Å². The van der Waals surface area contributed by atoms with Crippen LogP contribution in [0, 0.1) is 0 Å². The first kappa shape index (κ1) is 28.7. The Labute approximate surface area is 190 Å². The number of nitrogens with one attached hydrogen (secondary N) is 1. The summed E-state index contributed by atoms with van der Waals surface area (Å²) in [5.74, 6) is -4.00. The van der Waals surface area contributed by atoms with Crippen LogP contribution in [0.2, 0.25) is 0 Å². The van der Waals surface area contributed by atoms with E-state index < -0.39 is 85.6 Å². The van der Waals surface area contributed by atoms with Crippen molar-refractivity contribution in [1.29, 1.82) is 0 Å². The fraction of sp³-hybridized carbons (Fsp3) is 0.789. The highest BCUT2D eigenvalue weighted by atomic mass is 16.6. The molecule has 190 valence electrons. The van der Waals surface area contributed by atoms with Crippen molar-refractivity contribution in [3.05, 3.63) is 0 Å². The number of carbonyl (C=O) groups is 4. The van der Waals surface area contributed by atoms with Crippen LogP contribution in [-0.2, 0) is 28.7 Å². The third-order valence-electron chi connectivity index (χ3n) is 5.05. The van der Waals surface area contributed by atoms with Crippen LogP contribution in [0.5, 0.6) is 0 Å². The van der Waals surface area contributed by atoms with Crippen molar-refractivity contribution in [1.82, 2.24) is 10.2 Å². The van der Waals surface area contributed by atoms with Crippen LogP contribution >= 0.6 is 0 Å². The number of carboxylic acids is 2. The van der Waals surface area contributed by atoms with Gasteiger partial charge in [-0.3, -0.25) is 14.4 Å². The maximum Gasteiger partial charge on any atom is 0.326 e. The lowest BCUT2D eigenvalue weighted by Crippen LogP contribution is -2.65. The molecule has 14 heteroatoms. The molecule has 8 atom stereocenters. The van der Waals surface area contributed by atoms with Crippen LogP contribution in [0.1, 0.15) is 33.6 Å². The summed E-state index contributed by atoms with van der Waals surface area (Å²) in [6, 6.07) is -3.83. The van der Waals surface area contributed by atoms with Gasteiger partial charge in [-0.15, -0.1) is 0 Å². The second kappa shape index (κ2) is 12.8. The quantitative estimate of drug-likeness (QED) is 0.147. The average Bonchev–Trinajstić information content (AvgIpc) is 2.70. The third-order valence-corrected chi connectivity index (χ3v) is 5.05. The number of carboxylic acid groups (broad SMARTS) is 2. The van der Waals surface area contributed by atoms with Crippen molar-refractivity contribution in [3.63, 3.8) is 0 Å². The molecule has 8 N–H and O–H groups in total. The van der Waals surface area contributed by atoms with Gasteiger partial charge in [0.2, 0.25) is 11.8 Å². The average molecular weight is 479 g/mol. The van der Waals surface area contributed by atoms with Gasteiger partial charge in [0.1, 0.15) is 30.4 Å². The van der Waals surface area contributed by atoms with E-state index in [0.717, 1.165) is 4.90 Å². The molecular weight excluding hydrogens is 446 g/mol. The Hall–Kier alpha value is -2.36. The van der Waals surface area contributed by atoms with Gasteiger partial charge in [-0.2, -0.15) is 0 Å². The van der Waals surface area contributed by atoms with E-state index in [4.69, 9.17) is 20.3 Å². The second-order valence-electron chi connectivity index (χ2n) is 7.94. The molecular formula is C19H33N3O11. The Kier molecular flexibility index (Phi) is 11.1. The number of nitrogens with two attached hydrogens (primary N) is 1. The predicted octanol–water partition coefficient (Wildman–Crippen LogP) is -3.17. The van der Waals surface area contributed by atoms with Crippen LogP contribution in [0.3, 0.4) is 0 Å². The minimum absolute atomic E-state index is 0.353. The third kappa shape index (κ3) is 8.17. The molecule has 0 saturated carbocycles. The van der Waals surface area contributed by atoms with Gasteiger partial charge in [0.25, 0.3) is 0 Å². The molecule has 33 heavy (non-hydrogen) atoms. The Morgan fingerprint density at radius 1 is 1.18 bits per heavy atom. The fourth-order valence-electron chi connectivity index (χ4n) is 3.53. The molecule has 0 aromatic rings. The smallest absolute Gasteiger partial charge is 0.326 e. The summed E-state index contributed by atoms with van der Waals surface area (Å²) in [4.78, 5) is 47.7. The Bertz CT molecular complexity index is 704. The molecule has 0 aromatic carbocycles. The van der Waals surface area contributed by atoms with Gasteiger partial charge in [0.15, 0.2) is 6.29 Å². The number of ether oxygens (including phenoxy) is 2. The van der Waals surface area contributed by atoms with E-state index in [1.807, 2.05) is 0 Å². The zero-order valence-corrected chi connectivity index (χ0v) is 18.7. The molecule has 0 radical (unpaired) electrons. The van der Waals surface area contributed by atoms with Gasteiger partial charge in [-0.1, -0.05) is 0 Å². The van der Waals surface area contributed by atoms with E-state index in [1.165, 1.54) is 20.8 Å². The van der Waals surface area contributed by atoms with Gasteiger partial charge < -0.3 is 51.0 Å². The minimum atomic E-state index is -1.63. The largest absolute Gasteiger partial charge is 0.481 e. The van der Waals surface area contributed by atoms with Crippen LogP contribution < -0.4 is 11.1 Å². The highest BCUT2D eigenvalue weighted by Gasteiger charge is 2.46. The van der Waals surface area contributed by atoms with Crippen molar-refractivity contribution in [2.24, 2.45) is 5.73 Å². The normalized spacial score (nSPS) is 27.8. The molecule has 1 saturated heterocycles. The van der Waals surface area contributed by atoms with E-state index >= 15 is 0 Å². The van der Waals surface area contributed by atoms with Crippen LogP contribution in [0.25, 0.3) is 0 Å². The standard InChI is InChI=1S/C19H33N3O11/c1-8(6-22(17(28)9(2)20)11(18(29)30)4-5-13(25)26)32-16-14(21-10(3)24)19(31)33-12(7-23)15(16)27/h8-9,11-12,14-16,19,23,27,31H,4-7,20H2,1-3H3,(H,21,24)(H,25,26)(H,29,30)/t8?,9-,11+,12+,14+,15+,16+,19-/m0/s1. The zero-order chi connectivity index (χ0) is 25.5. The summed E-state index contributed by atoms with van der Waals surface area (Å²) < 4.78 is 10.9. The van der Waals surface area contributed by atoms with Gasteiger partial charge in [0, 0.05) is 19.9 Å². The van der Waals surface area contributed by atoms with Crippen molar-refractivity contribution in [2.75, 3.05) is 13.2 Å². The number of hydrogen-bond acceptors (Lipinski definition) is 10. The minimum Gasteiger partial charge on any atom is -0.481 e. The molecule has 14 nitrogen and oxygen atoms in total. The Morgan fingerprint density at radius 2 is 1.79 bits per heavy atom. The second-order valence-corrected chi connectivity index (χ2v) is 7.94. The molecule has 1 fully saturated rings. The number of carbonyl (C=O) groups excluding carboxylic acids is 2. The lowest BCUT2D eigenvalue weighted by atomic mass is 9.96. The van der Waals surface area contributed by atoms with Crippen molar-refractivity contribution >= 4 is 23.8 Å². The van der Waals surface area contributed by atoms with E-state index in [0.29, 0.717) is 0 Å². The van der Waals surface area contributed by atoms with Gasteiger partial charge in [-0.25, -0.2) is 4.79 Å². The summed E-state index contributed by atoms with van der Waals surface area (Å²) in [5.41, 5.74) is 5.64. The monoisotopic (exact) mass is 479 g/mol. The van der Waals surface area contributed by atoms with E-state index in [-0.39, 0.29) is 13.0 Å². The summed E-state index contributed by atoms with van der Waals surface area (Å²) in [7, 11) is 0. The first-order valence-electron chi connectivity index (χ1n) is 10.4. The molecule has 1 rings (SSSR count). The van der Waals surface area contributed by atoms with Gasteiger partial charge in [0.05, 0.1) is 18.8 Å². The molecule has 0 bridgehead atoms. The molecule has 0 spiro atoms. The predicted molar refractivity (Wildman–Crippen MR) is 110 cm³/mol. The molecule has 2 amide bonds. The van der Waals surface area contributed by atoms with Crippen LogP contribution in [0.15, 0.2) is 0 Å². The van der Waals surface area contributed by atoms with E-state index in [9.17, 15) is 39.6 Å². The molecule has 1 aliphatic rings. The van der Waals surface area contributed by atoms with E-state index in [1.54, 1.807) is 0 Å². The maximum absolute atomic E-state index is 12.6. The zero-order valence-electron chi connectivity index (χ0n) is 18.7.